The van der Waals surface area contributed by atoms with Gasteiger partial charge in [-0.1, -0.05) is 0 Å². The molecule has 0 rings (SSSR count). The lowest BCUT2D eigenvalue weighted by atomic mass is 10.8. The van der Waals surface area contributed by atoms with E-state index in [-0.39, 0.29) is 6.61 Å². The van der Waals surface area contributed by atoms with Gasteiger partial charge in [0.2, 0.25) is 0 Å². The predicted octanol–water partition coefficient (Wildman–Crippen LogP) is 0.983. The molecule has 0 aliphatic rings. The molecular formula is C6H10F2O5. The van der Waals surface area contributed by atoms with Crippen LogP contribution in [0.3, 0.4) is 0 Å². The Morgan fingerprint density at radius 3 is 2.38 bits per heavy atom. The fraction of sp³-hybridized carbons (Fsp3) is 0.833. The largest absolute Gasteiger partial charge is 0.508 e. The highest BCUT2D eigenvalue weighted by molar-refractivity contribution is 5.59. The van der Waals surface area contributed by atoms with Crippen molar-refractivity contribution in [2.24, 2.45) is 0 Å². The molecule has 0 bridgehead atoms. The quantitative estimate of drug-likeness (QED) is 0.376. The number of carbonyl (C=O) groups excluding carboxylic acids is 1. The van der Waals surface area contributed by atoms with Crippen molar-refractivity contribution in [3.8, 4) is 0 Å². The van der Waals surface area contributed by atoms with Crippen LogP contribution >= 0.6 is 0 Å². The number of methoxy groups -OCH3 is 2. The Kier molecular flexibility index (Phi) is 5.24. The summed E-state index contributed by atoms with van der Waals surface area (Å²) in [5.41, 5.74) is 0. The average Bonchev–Trinajstić information content (AvgIpc) is 2.12. The molecule has 0 unspecified atom stereocenters. The minimum atomic E-state index is -3.65. The molecule has 13 heavy (non-hydrogen) atoms. The van der Waals surface area contributed by atoms with E-state index in [1.54, 1.807) is 0 Å². The van der Waals surface area contributed by atoms with Crippen LogP contribution in [0.2, 0.25) is 0 Å². The Bertz CT molecular complexity index is 161. The number of rotatable bonds is 5. The average molecular weight is 200 g/mol. The number of ether oxygens (including phenoxy) is 4. The Labute approximate surface area is 73.5 Å². The first kappa shape index (κ1) is 12.0. The zero-order chi connectivity index (χ0) is 10.3. The van der Waals surface area contributed by atoms with Crippen molar-refractivity contribution < 1.29 is 32.5 Å². The highest BCUT2D eigenvalue weighted by atomic mass is 19.3. The molecule has 0 saturated carbocycles. The lowest BCUT2D eigenvalue weighted by Crippen LogP contribution is -2.25. The second-order valence-corrected chi connectivity index (χ2v) is 1.82. The van der Waals surface area contributed by atoms with E-state index in [1.807, 2.05) is 0 Å². The minimum absolute atomic E-state index is 0.328. The summed E-state index contributed by atoms with van der Waals surface area (Å²) in [6, 6.07) is 0. The standard InChI is InChI=1S/C6H10F2O5/c1-10-5(9)12-3-4-13-6(7,8)11-2/h3-4H2,1-2H3. The van der Waals surface area contributed by atoms with Gasteiger partial charge in [0.05, 0.1) is 13.7 Å². The SMILES string of the molecule is COC(=O)OCCOC(F)(F)OC. The fourth-order valence-corrected chi connectivity index (χ4v) is 0.403. The first-order valence-electron chi connectivity index (χ1n) is 3.29. The molecule has 0 aromatic carbocycles. The smallest absolute Gasteiger partial charge is 0.438 e. The van der Waals surface area contributed by atoms with Crippen LogP contribution in [0.15, 0.2) is 0 Å². The van der Waals surface area contributed by atoms with Gasteiger partial charge in [0, 0.05) is 7.11 Å². The van der Waals surface area contributed by atoms with Crippen LogP contribution in [0.4, 0.5) is 13.6 Å². The first-order chi connectivity index (χ1) is 6.02. The van der Waals surface area contributed by atoms with Crippen LogP contribution in [0.25, 0.3) is 0 Å². The van der Waals surface area contributed by atoms with E-state index in [0.29, 0.717) is 0 Å². The summed E-state index contributed by atoms with van der Waals surface area (Å²) in [6.45, 7) is -0.804. The lowest BCUT2D eigenvalue weighted by molar-refractivity contribution is -0.384. The Morgan fingerprint density at radius 2 is 1.92 bits per heavy atom. The third kappa shape index (κ3) is 6.23. The van der Waals surface area contributed by atoms with Gasteiger partial charge >= 0.3 is 12.5 Å². The van der Waals surface area contributed by atoms with Crippen LogP contribution in [0.1, 0.15) is 0 Å². The normalized spacial score (nSPS) is 11.1. The molecule has 5 nitrogen and oxygen atoms in total. The van der Waals surface area contributed by atoms with Crippen LogP contribution in [0.5, 0.6) is 0 Å². The zero-order valence-corrected chi connectivity index (χ0v) is 7.21. The monoisotopic (exact) mass is 200 g/mol. The molecule has 0 aliphatic heterocycles. The molecule has 0 aromatic rings. The fourth-order valence-electron chi connectivity index (χ4n) is 0.403. The van der Waals surface area contributed by atoms with Gasteiger partial charge in [-0.25, -0.2) is 4.79 Å². The van der Waals surface area contributed by atoms with Crippen molar-refractivity contribution in [2.45, 2.75) is 6.29 Å². The number of hydrogen-bond acceptors (Lipinski definition) is 5. The van der Waals surface area contributed by atoms with Gasteiger partial charge in [0.25, 0.3) is 0 Å². The van der Waals surface area contributed by atoms with Gasteiger partial charge in [0.15, 0.2) is 0 Å². The molecule has 78 valence electrons. The number of hydrogen-bond donors (Lipinski definition) is 0. The summed E-state index contributed by atoms with van der Waals surface area (Å²) in [5, 5.41) is 0. The molecule has 0 spiro atoms. The van der Waals surface area contributed by atoms with Crippen molar-refractivity contribution in [2.75, 3.05) is 27.4 Å². The molecule has 0 N–H and O–H groups in total. The molecular weight excluding hydrogens is 190 g/mol. The van der Waals surface area contributed by atoms with Crippen molar-refractivity contribution in [1.29, 1.82) is 0 Å². The predicted molar refractivity (Wildman–Crippen MR) is 36.3 cm³/mol. The summed E-state index contributed by atoms with van der Waals surface area (Å²) < 4.78 is 40.1. The van der Waals surface area contributed by atoms with E-state index in [4.69, 9.17) is 0 Å². The topological polar surface area (TPSA) is 54.0 Å². The van der Waals surface area contributed by atoms with Crippen molar-refractivity contribution >= 4 is 6.16 Å². The van der Waals surface area contributed by atoms with Gasteiger partial charge < -0.3 is 9.47 Å². The summed E-state index contributed by atoms with van der Waals surface area (Å²) in [6.07, 6.45) is -4.61. The minimum Gasteiger partial charge on any atom is -0.438 e. The Balaban J connectivity index is 3.41. The second-order valence-electron chi connectivity index (χ2n) is 1.82. The van der Waals surface area contributed by atoms with E-state index in [0.717, 1.165) is 14.2 Å². The summed E-state index contributed by atoms with van der Waals surface area (Å²) in [4.78, 5) is 10.3. The summed E-state index contributed by atoms with van der Waals surface area (Å²) in [5.74, 6) is 0. The molecule has 7 heteroatoms. The molecule has 0 fully saturated rings. The number of alkyl halides is 2. The van der Waals surface area contributed by atoms with Gasteiger partial charge in [-0.05, 0) is 0 Å². The lowest BCUT2D eigenvalue weighted by Gasteiger charge is -2.13. The van der Waals surface area contributed by atoms with Gasteiger partial charge in [0.1, 0.15) is 6.61 Å². The van der Waals surface area contributed by atoms with Gasteiger partial charge in [-0.15, -0.1) is 8.78 Å². The molecule has 0 amide bonds. The van der Waals surface area contributed by atoms with E-state index in [2.05, 4.69) is 18.9 Å². The maximum atomic E-state index is 12.1. The van der Waals surface area contributed by atoms with Crippen molar-refractivity contribution in [3.63, 3.8) is 0 Å². The maximum absolute atomic E-state index is 12.1. The van der Waals surface area contributed by atoms with Crippen LogP contribution in [-0.2, 0) is 18.9 Å². The van der Waals surface area contributed by atoms with Crippen molar-refractivity contribution in [3.05, 3.63) is 0 Å². The zero-order valence-electron chi connectivity index (χ0n) is 7.21. The van der Waals surface area contributed by atoms with E-state index in [9.17, 15) is 13.6 Å². The van der Waals surface area contributed by atoms with E-state index in [1.165, 1.54) is 0 Å². The van der Waals surface area contributed by atoms with Crippen LogP contribution in [0, 0.1) is 0 Å². The number of halogens is 2. The highest BCUT2D eigenvalue weighted by Gasteiger charge is 2.29. The van der Waals surface area contributed by atoms with Crippen molar-refractivity contribution in [1.82, 2.24) is 0 Å². The molecule has 0 atom stereocenters. The Hall–Kier alpha value is -0.950. The van der Waals surface area contributed by atoms with Gasteiger partial charge in [-0.3, -0.25) is 9.47 Å². The molecule has 0 radical (unpaired) electrons. The third-order valence-electron chi connectivity index (χ3n) is 0.978. The Morgan fingerprint density at radius 1 is 1.31 bits per heavy atom. The van der Waals surface area contributed by atoms with Gasteiger partial charge in [-0.2, -0.15) is 0 Å². The summed E-state index contributed by atoms with van der Waals surface area (Å²) >= 11 is 0. The number of carbonyl (C=O) groups is 1. The van der Waals surface area contributed by atoms with E-state index >= 15 is 0 Å². The second kappa shape index (κ2) is 5.65. The van der Waals surface area contributed by atoms with E-state index < -0.39 is 19.1 Å². The maximum Gasteiger partial charge on any atom is 0.508 e. The van der Waals surface area contributed by atoms with Crippen LogP contribution in [-0.4, -0.2) is 39.9 Å². The third-order valence-corrected chi connectivity index (χ3v) is 0.978. The molecule has 0 heterocycles. The first-order valence-corrected chi connectivity index (χ1v) is 3.29. The highest BCUT2D eigenvalue weighted by Crippen LogP contribution is 2.14. The van der Waals surface area contributed by atoms with Crippen LogP contribution < -0.4 is 0 Å². The summed E-state index contributed by atoms with van der Waals surface area (Å²) in [7, 11) is 1.90. The molecule has 0 aliphatic carbocycles. The molecule has 0 saturated heterocycles. The molecule has 0 aromatic heterocycles.